The van der Waals surface area contributed by atoms with E-state index in [2.05, 4.69) is 16.9 Å². The monoisotopic (exact) mass is 652 g/mol. The highest BCUT2D eigenvalue weighted by Crippen LogP contribution is 2.37. The van der Waals surface area contributed by atoms with Crippen LogP contribution in [0.1, 0.15) is 13.8 Å². The Balaban J connectivity index is 2.04. The number of aliphatic hydroxyl groups is 4. The van der Waals surface area contributed by atoms with Gasteiger partial charge in [-0.2, -0.15) is 0 Å². The van der Waals surface area contributed by atoms with Crippen molar-refractivity contribution >= 4 is 17.9 Å². The van der Waals surface area contributed by atoms with Gasteiger partial charge in [-0.05, 0) is 13.8 Å². The number of β-amino-alcohol motifs (C(OH)–C–C–N with tert-alkyl or cyclic N) is 1. The third-order valence-electron chi connectivity index (χ3n) is 7.53. The smallest absolute Gasteiger partial charge is 0.337 e. The number of allylic oxidation sites excluding steroid dienone is 2. The summed E-state index contributed by atoms with van der Waals surface area (Å²) in [4.78, 5) is 30.5. The molecule has 3 aliphatic rings. The first kappa shape index (κ1) is 36.7. The summed E-state index contributed by atoms with van der Waals surface area (Å²) in [6.45, 7) is 6.61. The van der Waals surface area contributed by atoms with Gasteiger partial charge in [-0.15, -0.1) is 6.58 Å². The number of carboxylic acids is 1. The highest BCUT2D eigenvalue weighted by atomic mass is 16.8. The van der Waals surface area contributed by atoms with Crippen LogP contribution in [0.2, 0.25) is 0 Å². The quantitative estimate of drug-likeness (QED) is 0.0529. The van der Waals surface area contributed by atoms with Gasteiger partial charge in [-0.3, -0.25) is 4.99 Å². The van der Waals surface area contributed by atoms with E-state index in [1.54, 1.807) is 37.1 Å². The summed E-state index contributed by atoms with van der Waals surface area (Å²) < 4.78 is 28.5. The number of methoxy groups -OCH3 is 1. The third-order valence-corrected chi connectivity index (χ3v) is 7.53. The first-order valence-electron chi connectivity index (χ1n) is 14.6. The molecule has 0 aliphatic carbocycles. The van der Waals surface area contributed by atoms with Crippen molar-refractivity contribution in [3.05, 3.63) is 59.7 Å². The number of carbonyl (C=O) groups is 2. The molecule has 1 saturated heterocycles. The van der Waals surface area contributed by atoms with Gasteiger partial charge in [0, 0.05) is 31.3 Å². The van der Waals surface area contributed by atoms with Gasteiger partial charge in [0.05, 0.1) is 62.0 Å². The number of aliphatic carboxylic acids is 1. The molecule has 8 N–H and O–H groups in total. The SMILES string of the molecule is C=CC1C(OC2OC(CO)C(O)C(O)C2OC(C)C)OC=C(C(=O)OC)C1C=CC1=CN(CCO)CC(C(=O)O)=C1NC(N)=NC. The van der Waals surface area contributed by atoms with Crippen molar-refractivity contribution in [3.63, 3.8) is 0 Å². The van der Waals surface area contributed by atoms with Crippen molar-refractivity contribution in [2.24, 2.45) is 22.6 Å². The predicted molar refractivity (Wildman–Crippen MR) is 162 cm³/mol. The molecule has 3 aliphatic heterocycles. The summed E-state index contributed by atoms with van der Waals surface area (Å²) in [5.74, 6) is -3.58. The Kier molecular flexibility index (Phi) is 13.3. The molecule has 0 amide bonds. The van der Waals surface area contributed by atoms with Crippen molar-refractivity contribution in [2.45, 2.75) is 56.9 Å². The van der Waals surface area contributed by atoms with Crippen LogP contribution >= 0.6 is 0 Å². The maximum atomic E-state index is 12.9. The Morgan fingerprint density at radius 2 is 1.98 bits per heavy atom. The standard InChI is InChI=1S/C30H44N4O12/c1-6-17-18(8-7-16-11-34(9-10-35)12-19(26(39)40)22(16)33-30(31)32-4)20(27(41)42-5)14-43-28(17)46-29-25(44-15(2)3)24(38)23(37)21(13-36)45-29/h6-8,11,14-15,17-18,21,23-25,28-29,35-38H,1,9-10,12-13H2,2-5H3,(H,39,40)(H3,31,32,33). The molecule has 0 spiro atoms. The molecule has 0 aromatic carbocycles. The fraction of sp³-hybridized carbons (Fsp3) is 0.567. The maximum absolute atomic E-state index is 12.9. The molecule has 256 valence electrons. The van der Waals surface area contributed by atoms with E-state index >= 15 is 0 Å². The lowest BCUT2D eigenvalue weighted by Gasteiger charge is -2.44. The fourth-order valence-electron chi connectivity index (χ4n) is 5.23. The minimum absolute atomic E-state index is 0.0290. The molecule has 0 radical (unpaired) electrons. The summed E-state index contributed by atoms with van der Waals surface area (Å²) in [6.07, 6.45) is -0.712. The lowest BCUT2D eigenvalue weighted by atomic mass is 9.83. The van der Waals surface area contributed by atoms with Crippen molar-refractivity contribution in [2.75, 3.05) is 40.5 Å². The molecule has 16 nitrogen and oxygen atoms in total. The Morgan fingerprint density at radius 1 is 1.26 bits per heavy atom. The summed E-state index contributed by atoms with van der Waals surface area (Å²) in [7, 11) is 2.64. The number of rotatable bonds is 13. The van der Waals surface area contributed by atoms with E-state index in [4.69, 9.17) is 29.4 Å². The number of hydrogen-bond acceptors (Lipinski definition) is 13. The van der Waals surface area contributed by atoms with E-state index in [1.807, 2.05) is 0 Å². The number of ether oxygens (including phenoxy) is 5. The van der Waals surface area contributed by atoms with E-state index in [0.717, 1.165) is 6.26 Å². The van der Waals surface area contributed by atoms with Crippen LogP contribution in [-0.4, -0.2) is 132 Å². The van der Waals surface area contributed by atoms with Crippen LogP contribution in [0.15, 0.2) is 64.7 Å². The molecule has 3 rings (SSSR count). The van der Waals surface area contributed by atoms with Crippen LogP contribution < -0.4 is 11.1 Å². The van der Waals surface area contributed by atoms with E-state index in [1.165, 1.54) is 20.2 Å². The van der Waals surface area contributed by atoms with Gasteiger partial charge in [0.15, 0.2) is 12.2 Å². The molecular weight excluding hydrogens is 608 g/mol. The topological polar surface area (TPSA) is 235 Å². The van der Waals surface area contributed by atoms with Gasteiger partial charge in [0.1, 0.15) is 24.4 Å². The number of hydrogen-bond donors (Lipinski definition) is 7. The van der Waals surface area contributed by atoms with E-state index in [-0.39, 0.29) is 42.5 Å². The Bertz CT molecular complexity index is 1260. The normalized spacial score (nSPS) is 30.5. The highest BCUT2D eigenvalue weighted by molar-refractivity contribution is 5.92. The van der Waals surface area contributed by atoms with Gasteiger partial charge in [-0.25, -0.2) is 9.59 Å². The average molecular weight is 653 g/mol. The number of nitrogens with zero attached hydrogens (tertiary/aromatic N) is 2. The highest BCUT2D eigenvalue weighted by Gasteiger charge is 2.49. The summed E-state index contributed by atoms with van der Waals surface area (Å²) in [5, 5.41) is 53.3. The van der Waals surface area contributed by atoms with Crippen LogP contribution in [0.4, 0.5) is 0 Å². The van der Waals surface area contributed by atoms with Crippen molar-refractivity contribution < 1.29 is 58.8 Å². The molecule has 16 heteroatoms. The lowest BCUT2D eigenvalue weighted by Crippen LogP contribution is -2.61. The van der Waals surface area contributed by atoms with Crippen molar-refractivity contribution in [3.8, 4) is 0 Å². The maximum Gasteiger partial charge on any atom is 0.337 e. The van der Waals surface area contributed by atoms with Crippen LogP contribution in [0, 0.1) is 11.8 Å². The number of carboxylic acid groups (broad SMARTS) is 1. The van der Waals surface area contributed by atoms with Crippen LogP contribution in [0.5, 0.6) is 0 Å². The van der Waals surface area contributed by atoms with Gasteiger partial charge >= 0.3 is 11.9 Å². The number of nitrogens with two attached hydrogens (primary N) is 1. The molecule has 8 atom stereocenters. The number of aliphatic hydroxyl groups excluding tert-OH is 4. The molecule has 3 heterocycles. The van der Waals surface area contributed by atoms with E-state index in [9.17, 15) is 35.1 Å². The molecule has 0 aromatic rings. The molecule has 46 heavy (non-hydrogen) atoms. The molecule has 0 bridgehead atoms. The van der Waals surface area contributed by atoms with Crippen LogP contribution in [0.25, 0.3) is 0 Å². The van der Waals surface area contributed by atoms with E-state index in [0.29, 0.717) is 5.57 Å². The second-order valence-corrected chi connectivity index (χ2v) is 10.9. The van der Waals surface area contributed by atoms with Crippen molar-refractivity contribution in [1.29, 1.82) is 0 Å². The number of carbonyl (C=O) groups excluding carboxylic acids is 1. The number of nitrogens with one attached hydrogen (secondary N) is 1. The number of guanidine groups is 1. The Labute approximate surface area is 266 Å². The second kappa shape index (κ2) is 16.7. The zero-order valence-electron chi connectivity index (χ0n) is 26.2. The minimum atomic E-state index is -1.47. The van der Waals surface area contributed by atoms with Crippen LogP contribution in [0.3, 0.4) is 0 Å². The minimum Gasteiger partial charge on any atom is -0.478 e. The van der Waals surface area contributed by atoms with Gasteiger partial charge in [0.25, 0.3) is 0 Å². The van der Waals surface area contributed by atoms with Crippen molar-refractivity contribution in [1.82, 2.24) is 10.2 Å². The number of aliphatic imine (C=N–C) groups is 1. The third kappa shape index (κ3) is 8.52. The first-order chi connectivity index (χ1) is 21.9. The summed E-state index contributed by atoms with van der Waals surface area (Å²) >= 11 is 0. The Morgan fingerprint density at radius 3 is 2.54 bits per heavy atom. The predicted octanol–water partition coefficient (Wildman–Crippen LogP) is -1.31. The van der Waals surface area contributed by atoms with Gasteiger partial charge in [0.2, 0.25) is 6.29 Å². The average Bonchev–Trinajstić information content (AvgIpc) is 3.03. The largest absolute Gasteiger partial charge is 0.478 e. The molecular formula is C30H44N4O12. The zero-order chi connectivity index (χ0) is 34.1. The fourth-order valence-corrected chi connectivity index (χ4v) is 5.23. The Hall–Kier alpha value is -3.77. The summed E-state index contributed by atoms with van der Waals surface area (Å²) in [6, 6.07) is 0. The first-order valence-corrected chi connectivity index (χ1v) is 14.6. The molecule has 0 aromatic heterocycles. The second-order valence-electron chi connectivity index (χ2n) is 10.9. The zero-order valence-corrected chi connectivity index (χ0v) is 26.2. The molecule has 0 saturated carbocycles. The van der Waals surface area contributed by atoms with Gasteiger partial charge in [-0.1, -0.05) is 18.2 Å². The number of esters is 1. The van der Waals surface area contributed by atoms with E-state index < -0.39 is 73.5 Å². The summed E-state index contributed by atoms with van der Waals surface area (Å²) in [5.41, 5.74) is 6.45. The lowest BCUT2D eigenvalue weighted by molar-refractivity contribution is -0.348. The van der Waals surface area contributed by atoms with Crippen LogP contribution in [-0.2, 0) is 33.3 Å². The van der Waals surface area contributed by atoms with Gasteiger partial charge < -0.3 is 65.2 Å². The molecule has 8 unspecified atom stereocenters. The molecule has 1 fully saturated rings.